The van der Waals surface area contributed by atoms with Crippen LogP contribution in [0.5, 0.6) is 5.75 Å². The predicted octanol–water partition coefficient (Wildman–Crippen LogP) is 3.59. The molecule has 94 valence electrons. The highest BCUT2D eigenvalue weighted by molar-refractivity contribution is 5.28. The molecule has 0 spiro atoms. The average Bonchev–Trinajstić information content (AvgIpc) is 3.21. The minimum absolute atomic E-state index is 0.131. The van der Waals surface area contributed by atoms with Gasteiger partial charge in [0.15, 0.2) is 0 Å². The summed E-state index contributed by atoms with van der Waals surface area (Å²) in [4.78, 5) is 0. The van der Waals surface area contributed by atoms with Crippen LogP contribution in [0.3, 0.4) is 0 Å². The van der Waals surface area contributed by atoms with Gasteiger partial charge in [-0.05, 0) is 37.0 Å². The van der Waals surface area contributed by atoms with Gasteiger partial charge in [0, 0.05) is 0 Å². The van der Waals surface area contributed by atoms with Crippen LogP contribution < -0.4 is 4.74 Å². The van der Waals surface area contributed by atoms with Crippen molar-refractivity contribution in [3.8, 4) is 5.75 Å². The minimum Gasteiger partial charge on any atom is -0.485 e. The van der Waals surface area contributed by atoms with Crippen molar-refractivity contribution in [1.29, 1.82) is 0 Å². The summed E-state index contributed by atoms with van der Waals surface area (Å²) in [5.41, 5.74) is 1.21. The van der Waals surface area contributed by atoms with Crippen LogP contribution in [0.25, 0.3) is 0 Å². The van der Waals surface area contributed by atoms with Crippen molar-refractivity contribution in [2.24, 2.45) is 0 Å². The first-order chi connectivity index (χ1) is 8.24. The molecule has 1 heterocycles. The number of rotatable bonds is 6. The van der Waals surface area contributed by atoms with Crippen molar-refractivity contribution in [2.75, 3.05) is 6.61 Å². The molecule has 0 aromatic heterocycles. The second-order valence-corrected chi connectivity index (χ2v) is 4.69. The largest absolute Gasteiger partial charge is 0.485 e. The lowest BCUT2D eigenvalue weighted by molar-refractivity contribution is 0.0302. The van der Waals surface area contributed by atoms with Crippen LogP contribution in [0.2, 0.25) is 0 Å². The molecular weight excluding hydrogens is 212 g/mol. The van der Waals surface area contributed by atoms with Crippen LogP contribution in [0.15, 0.2) is 24.3 Å². The second-order valence-electron chi connectivity index (χ2n) is 4.69. The number of aryl methyl sites for hydroxylation is 1. The summed E-state index contributed by atoms with van der Waals surface area (Å²) in [6.07, 6.45) is 3.33. The molecule has 1 atom stereocenters. The van der Waals surface area contributed by atoms with E-state index in [-0.39, 0.29) is 11.7 Å². The molecule has 0 aliphatic carbocycles. The van der Waals surface area contributed by atoms with Crippen LogP contribution in [0.4, 0.5) is 0 Å². The smallest absolute Gasteiger partial charge is 0.137 e. The molecule has 1 fully saturated rings. The van der Waals surface area contributed by atoms with Crippen LogP contribution in [0.1, 0.15) is 39.2 Å². The third-order valence-electron chi connectivity index (χ3n) is 3.77. The molecule has 2 rings (SSSR count). The zero-order valence-corrected chi connectivity index (χ0v) is 11.0. The lowest BCUT2D eigenvalue weighted by atomic mass is 9.93. The van der Waals surface area contributed by atoms with Crippen LogP contribution in [-0.4, -0.2) is 18.3 Å². The fourth-order valence-electron chi connectivity index (χ4n) is 2.30. The van der Waals surface area contributed by atoms with E-state index in [1.165, 1.54) is 5.56 Å². The molecule has 1 unspecified atom stereocenters. The summed E-state index contributed by atoms with van der Waals surface area (Å²) in [7, 11) is 0. The van der Waals surface area contributed by atoms with Gasteiger partial charge in [0.2, 0.25) is 0 Å². The molecule has 0 amide bonds. The predicted molar refractivity (Wildman–Crippen MR) is 69.5 cm³/mol. The summed E-state index contributed by atoms with van der Waals surface area (Å²) in [5, 5.41) is 0. The van der Waals surface area contributed by atoms with Crippen molar-refractivity contribution in [1.82, 2.24) is 0 Å². The van der Waals surface area contributed by atoms with Gasteiger partial charge in [0.25, 0.3) is 0 Å². The standard InChI is InChI=1S/C15H22O2/c1-4-12-7-9-13(10-8-12)17-15(5-2,6-3)14-11-16-14/h7-10,14H,4-6,11H2,1-3H3. The zero-order valence-electron chi connectivity index (χ0n) is 11.0. The Labute approximate surface area is 104 Å². The highest BCUT2D eigenvalue weighted by Gasteiger charge is 2.46. The normalized spacial score (nSPS) is 19.1. The van der Waals surface area contributed by atoms with Gasteiger partial charge in [-0.25, -0.2) is 0 Å². The molecular formula is C15H22O2. The van der Waals surface area contributed by atoms with E-state index in [1.54, 1.807) is 0 Å². The topological polar surface area (TPSA) is 21.8 Å². The molecule has 1 aliphatic rings. The fourth-order valence-corrected chi connectivity index (χ4v) is 2.30. The molecule has 17 heavy (non-hydrogen) atoms. The average molecular weight is 234 g/mol. The maximum absolute atomic E-state index is 6.20. The van der Waals surface area contributed by atoms with Crippen molar-refractivity contribution in [3.05, 3.63) is 29.8 Å². The van der Waals surface area contributed by atoms with E-state index < -0.39 is 0 Å². The lowest BCUT2D eigenvalue weighted by Crippen LogP contribution is -2.40. The van der Waals surface area contributed by atoms with Gasteiger partial charge in [0.05, 0.1) is 6.61 Å². The number of benzene rings is 1. The van der Waals surface area contributed by atoms with Gasteiger partial charge in [-0.3, -0.25) is 0 Å². The molecule has 0 N–H and O–H groups in total. The van der Waals surface area contributed by atoms with Crippen molar-refractivity contribution in [2.45, 2.75) is 51.7 Å². The molecule has 1 saturated heterocycles. The van der Waals surface area contributed by atoms with Gasteiger partial charge in [-0.1, -0.05) is 32.9 Å². The minimum atomic E-state index is -0.131. The SMILES string of the molecule is CCc1ccc(OC(CC)(CC)C2CO2)cc1. The summed E-state index contributed by atoms with van der Waals surface area (Å²) >= 11 is 0. The lowest BCUT2D eigenvalue weighted by Gasteiger charge is -2.31. The molecule has 0 saturated carbocycles. The van der Waals surface area contributed by atoms with Gasteiger partial charge in [0.1, 0.15) is 17.5 Å². The van der Waals surface area contributed by atoms with Crippen molar-refractivity contribution >= 4 is 0 Å². The summed E-state index contributed by atoms with van der Waals surface area (Å²) in [6.45, 7) is 7.35. The maximum Gasteiger partial charge on any atom is 0.137 e. The van der Waals surface area contributed by atoms with Crippen LogP contribution in [0, 0.1) is 0 Å². The maximum atomic E-state index is 6.20. The first-order valence-corrected chi connectivity index (χ1v) is 6.63. The Bertz CT molecular complexity index is 348. The molecule has 2 nitrogen and oxygen atoms in total. The monoisotopic (exact) mass is 234 g/mol. The number of hydrogen-bond donors (Lipinski definition) is 0. The fraction of sp³-hybridized carbons (Fsp3) is 0.600. The second kappa shape index (κ2) is 5.09. The van der Waals surface area contributed by atoms with E-state index in [1.807, 2.05) is 0 Å². The molecule has 1 aliphatic heterocycles. The first kappa shape index (κ1) is 12.4. The Kier molecular flexibility index (Phi) is 3.72. The van der Waals surface area contributed by atoms with Gasteiger partial charge < -0.3 is 9.47 Å². The Hall–Kier alpha value is -1.02. The Morgan fingerprint density at radius 3 is 2.18 bits per heavy atom. The number of hydrogen-bond acceptors (Lipinski definition) is 2. The third-order valence-corrected chi connectivity index (χ3v) is 3.77. The van der Waals surface area contributed by atoms with Gasteiger partial charge >= 0.3 is 0 Å². The van der Waals surface area contributed by atoms with E-state index >= 15 is 0 Å². The van der Waals surface area contributed by atoms with Crippen molar-refractivity contribution < 1.29 is 9.47 Å². The number of epoxide rings is 1. The van der Waals surface area contributed by atoms with Gasteiger partial charge in [-0.2, -0.15) is 0 Å². The number of ether oxygens (including phenoxy) is 2. The van der Waals surface area contributed by atoms with E-state index in [0.29, 0.717) is 0 Å². The summed E-state index contributed by atoms with van der Waals surface area (Å²) in [6, 6.07) is 8.42. The summed E-state index contributed by atoms with van der Waals surface area (Å²) < 4.78 is 11.6. The van der Waals surface area contributed by atoms with Crippen LogP contribution >= 0.6 is 0 Å². The van der Waals surface area contributed by atoms with E-state index in [0.717, 1.165) is 31.6 Å². The molecule has 1 aromatic rings. The van der Waals surface area contributed by atoms with Crippen molar-refractivity contribution in [3.63, 3.8) is 0 Å². The highest BCUT2D eigenvalue weighted by Crippen LogP contribution is 2.35. The van der Waals surface area contributed by atoms with Crippen LogP contribution in [-0.2, 0) is 11.2 Å². The molecule has 2 heteroatoms. The van der Waals surface area contributed by atoms with Gasteiger partial charge in [-0.15, -0.1) is 0 Å². The van der Waals surface area contributed by atoms with E-state index in [2.05, 4.69) is 45.0 Å². The quantitative estimate of drug-likeness (QED) is 0.702. The van der Waals surface area contributed by atoms with E-state index in [9.17, 15) is 0 Å². The Morgan fingerprint density at radius 1 is 1.18 bits per heavy atom. The first-order valence-electron chi connectivity index (χ1n) is 6.63. The van der Waals surface area contributed by atoms with E-state index in [4.69, 9.17) is 9.47 Å². The Morgan fingerprint density at radius 2 is 1.76 bits per heavy atom. The molecule has 1 aromatic carbocycles. The summed E-state index contributed by atoms with van der Waals surface area (Å²) in [5.74, 6) is 0.960. The Balaban J connectivity index is 2.11. The molecule has 0 bridgehead atoms. The molecule has 0 radical (unpaired) electrons. The highest BCUT2D eigenvalue weighted by atomic mass is 16.6. The third kappa shape index (κ3) is 2.63. The zero-order chi connectivity index (χ0) is 12.3.